The largest absolute Gasteiger partial charge is 0.461 e. The summed E-state index contributed by atoms with van der Waals surface area (Å²) >= 11 is 0. The van der Waals surface area contributed by atoms with Crippen molar-refractivity contribution in [1.82, 2.24) is 24.4 Å². The highest BCUT2D eigenvalue weighted by Crippen LogP contribution is 2.35. The van der Waals surface area contributed by atoms with Crippen LogP contribution >= 0.6 is 24.8 Å². The molecule has 0 radical (unpaired) electrons. The summed E-state index contributed by atoms with van der Waals surface area (Å²) < 4.78 is 12.9. The molecule has 4 aliphatic rings. The molecule has 3 fully saturated rings. The number of nitrogens with two attached hydrogens (primary N) is 1. The van der Waals surface area contributed by atoms with Gasteiger partial charge in [0.15, 0.2) is 17.0 Å². The van der Waals surface area contributed by atoms with Gasteiger partial charge >= 0.3 is 0 Å². The molecule has 1 unspecified atom stereocenters. The molecule has 2 aliphatic carbocycles. The number of ether oxygens (including phenoxy) is 2. The van der Waals surface area contributed by atoms with Gasteiger partial charge in [-0.05, 0) is 56.9 Å². The number of piperidine rings is 1. The first kappa shape index (κ1) is 33.2. The van der Waals surface area contributed by atoms with Crippen LogP contribution in [0, 0.1) is 0 Å². The first-order valence-electron chi connectivity index (χ1n) is 15.9. The average Bonchev–Trinajstić information content (AvgIpc) is 3.82. The van der Waals surface area contributed by atoms with E-state index in [-0.39, 0.29) is 49.2 Å². The molecule has 0 spiro atoms. The number of rotatable bonds is 9. The zero-order chi connectivity index (χ0) is 29.2. The Hall–Kier alpha value is -3.12. The number of benzene rings is 1. The summed E-state index contributed by atoms with van der Waals surface area (Å²) in [6.07, 6.45) is 14.0. The lowest BCUT2D eigenvalue weighted by molar-refractivity contribution is -0.124. The van der Waals surface area contributed by atoms with Crippen molar-refractivity contribution in [3.05, 3.63) is 54.2 Å². The minimum absolute atomic E-state index is 0. The molecule has 1 saturated heterocycles. The Morgan fingerprint density at radius 2 is 1.62 bits per heavy atom. The average molecular weight is 660 g/mol. The van der Waals surface area contributed by atoms with E-state index in [9.17, 15) is 4.79 Å². The molecule has 2 saturated carbocycles. The van der Waals surface area contributed by atoms with Gasteiger partial charge in [0.1, 0.15) is 12.3 Å². The number of halogens is 2. The van der Waals surface area contributed by atoms with Gasteiger partial charge in [-0.15, -0.1) is 24.8 Å². The van der Waals surface area contributed by atoms with E-state index in [0.29, 0.717) is 24.1 Å². The summed E-state index contributed by atoms with van der Waals surface area (Å²) in [5, 5.41) is 7.37. The highest BCUT2D eigenvalue weighted by Gasteiger charge is 2.35. The van der Waals surface area contributed by atoms with E-state index >= 15 is 0 Å². The molecular formula is C32H44Cl2N8O3. The van der Waals surface area contributed by atoms with Crippen LogP contribution in [0.25, 0.3) is 11.2 Å². The van der Waals surface area contributed by atoms with E-state index in [1.54, 1.807) is 0 Å². The predicted octanol–water partition coefficient (Wildman–Crippen LogP) is 5.50. The normalized spacial score (nSPS) is 23.3. The molecule has 11 nitrogen and oxygen atoms in total. The van der Waals surface area contributed by atoms with Crippen molar-refractivity contribution in [2.75, 3.05) is 30.5 Å². The van der Waals surface area contributed by atoms with Gasteiger partial charge in [0.05, 0.1) is 6.33 Å². The van der Waals surface area contributed by atoms with Gasteiger partial charge < -0.3 is 30.4 Å². The highest BCUT2D eigenvalue weighted by molar-refractivity contribution is 5.98. The topological polar surface area (TPSA) is 132 Å². The highest BCUT2D eigenvalue weighted by atomic mass is 35.5. The number of fused-ring (bicyclic) bond motifs is 1. The fourth-order valence-electron chi connectivity index (χ4n) is 7.14. The third-order valence-corrected chi connectivity index (χ3v) is 9.56. The summed E-state index contributed by atoms with van der Waals surface area (Å²) in [6.45, 7) is 1.61. The molecule has 13 heteroatoms. The summed E-state index contributed by atoms with van der Waals surface area (Å²) in [7, 11) is 0. The Kier molecular flexibility index (Phi) is 11.1. The number of carbonyl (C=O) groups is 1. The van der Waals surface area contributed by atoms with Crippen LogP contribution in [0.4, 0.5) is 11.8 Å². The molecule has 1 aromatic carbocycles. The lowest BCUT2D eigenvalue weighted by Crippen LogP contribution is -2.44. The number of Topliss-reactive ketones (excluding diaryl/α,β-unsaturated/α-hetero) is 1. The zero-order valence-electron chi connectivity index (χ0n) is 25.5. The van der Waals surface area contributed by atoms with Crippen LogP contribution in [0.1, 0.15) is 81.9 Å². The Balaban J connectivity index is 0.00000200. The third kappa shape index (κ3) is 7.32. The van der Waals surface area contributed by atoms with Gasteiger partial charge in [-0.25, -0.2) is 4.98 Å². The molecule has 4 heterocycles. The third-order valence-electron chi connectivity index (χ3n) is 9.56. The van der Waals surface area contributed by atoms with Crippen molar-refractivity contribution in [1.29, 1.82) is 0 Å². The second-order valence-corrected chi connectivity index (χ2v) is 12.5. The standard InChI is InChI=1S/C32H42N8O3.2ClH/c33-22-10-12-23(13-11-22)36-32-37-30(27-31(38-32)40(19-34-27)25-8-4-5-9-25)35-24-14-16-39(17-15-24)28(21-6-2-1-3-7-21)29(41)26-18-42-20-43-26;;/h1-3,6-7,18-19,22-25,28H,4-5,8-17,20,33H2,(H2,35,36,37,38);2*1H. The fraction of sp³-hybridized carbons (Fsp3) is 0.562. The smallest absolute Gasteiger partial charge is 0.230 e. The van der Waals surface area contributed by atoms with Gasteiger partial charge in [0.25, 0.3) is 0 Å². The van der Waals surface area contributed by atoms with Crippen molar-refractivity contribution in [2.24, 2.45) is 5.73 Å². The number of anilines is 2. The molecule has 2 aliphatic heterocycles. The van der Waals surface area contributed by atoms with E-state index in [0.717, 1.165) is 87.0 Å². The van der Waals surface area contributed by atoms with Crippen molar-refractivity contribution in [3.8, 4) is 0 Å². The lowest BCUT2D eigenvalue weighted by Gasteiger charge is -2.37. The minimum atomic E-state index is -0.414. The van der Waals surface area contributed by atoms with Crippen LogP contribution in [0.3, 0.4) is 0 Å². The van der Waals surface area contributed by atoms with E-state index < -0.39 is 6.04 Å². The van der Waals surface area contributed by atoms with Gasteiger partial charge in [-0.3, -0.25) is 9.69 Å². The van der Waals surface area contributed by atoms with Crippen molar-refractivity contribution in [3.63, 3.8) is 0 Å². The molecule has 244 valence electrons. The van der Waals surface area contributed by atoms with Crippen LogP contribution in [-0.4, -0.2) is 68.2 Å². The van der Waals surface area contributed by atoms with Crippen molar-refractivity contribution < 1.29 is 14.3 Å². The van der Waals surface area contributed by atoms with Gasteiger partial charge in [0, 0.05) is 37.3 Å². The molecule has 2 aromatic heterocycles. The maximum Gasteiger partial charge on any atom is 0.230 e. The van der Waals surface area contributed by atoms with E-state index in [1.807, 2.05) is 36.7 Å². The van der Waals surface area contributed by atoms with Crippen LogP contribution in [0.5, 0.6) is 0 Å². The number of nitrogens with zero attached hydrogens (tertiary/aromatic N) is 5. The van der Waals surface area contributed by atoms with Gasteiger partial charge in [-0.1, -0.05) is 43.2 Å². The van der Waals surface area contributed by atoms with Crippen LogP contribution in [0.2, 0.25) is 0 Å². The number of ketones is 1. The molecule has 0 amide bonds. The minimum Gasteiger partial charge on any atom is -0.461 e. The second-order valence-electron chi connectivity index (χ2n) is 12.5. The van der Waals surface area contributed by atoms with E-state index in [4.69, 9.17) is 30.2 Å². The number of aromatic nitrogens is 4. The first-order chi connectivity index (χ1) is 21.1. The predicted molar refractivity (Wildman–Crippen MR) is 179 cm³/mol. The molecule has 45 heavy (non-hydrogen) atoms. The molecule has 0 bridgehead atoms. The number of likely N-dealkylation sites (tertiary alicyclic amines) is 1. The Morgan fingerprint density at radius 3 is 2.31 bits per heavy atom. The van der Waals surface area contributed by atoms with Crippen LogP contribution < -0.4 is 16.4 Å². The summed E-state index contributed by atoms with van der Waals surface area (Å²) in [4.78, 5) is 30.6. The summed E-state index contributed by atoms with van der Waals surface area (Å²) in [5.74, 6) is 1.67. The SMILES string of the molecule is Cl.Cl.NC1CCC(Nc2nc(NC3CCN(C(C(=O)C4=COCO4)c4ccccc4)CC3)c3ncn(C4CCCC4)c3n2)CC1. The number of nitrogens with one attached hydrogen (secondary N) is 2. The molecular weight excluding hydrogens is 615 g/mol. The van der Waals surface area contributed by atoms with E-state index in [1.165, 1.54) is 19.1 Å². The Morgan fingerprint density at radius 1 is 0.911 bits per heavy atom. The van der Waals surface area contributed by atoms with Crippen molar-refractivity contribution in [2.45, 2.75) is 94.4 Å². The van der Waals surface area contributed by atoms with Crippen LogP contribution in [0.15, 0.2) is 48.7 Å². The molecule has 3 aromatic rings. The van der Waals surface area contributed by atoms with Gasteiger partial charge in [0.2, 0.25) is 24.3 Å². The molecule has 1 atom stereocenters. The zero-order valence-corrected chi connectivity index (χ0v) is 27.1. The fourth-order valence-corrected chi connectivity index (χ4v) is 7.14. The van der Waals surface area contributed by atoms with Gasteiger partial charge in [-0.2, -0.15) is 9.97 Å². The monoisotopic (exact) mass is 658 g/mol. The maximum absolute atomic E-state index is 13.5. The maximum atomic E-state index is 13.5. The van der Waals surface area contributed by atoms with Crippen molar-refractivity contribution >= 4 is 53.5 Å². The van der Waals surface area contributed by atoms with Crippen LogP contribution in [-0.2, 0) is 14.3 Å². The Labute approximate surface area is 276 Å². The molecule has 4 N–H and O–H groups in total. The second kappa shape index (κ2) is 15.0. The number of hydrogen-bond acceptors (Lipinski definition) is 10. The molecule has 7 rings (SSSR count). The Bertz CT molecular complexity index is 1450. The first-order valence-corrected chi connectivity index (χ1v) is 15.9. The number of carbonyl (C=O) groups excluding carboxylic acids is 1. The summed E-state index contributed by atoms with van der Waals surface area (Å²) in [5.41, 5.74) is 8.85. The summed E-state index contributed by atoms with van der Waals surface area (Å²) in [6, 6.07) is 10.8. The lowest BCUT2D eigenvalue weighted by atomic mass is 9.92. The quantitative estimate of drug-likeness (QED) is 0.271. The van der Waals surface area contributed by atoms with E-state index in [2.05, 4.69) is 20.1 Å². The number of imidazole rings is 1. The number of hydrogen-bond donors (Lipinski definition) is 3.